The molecular weight excluding hydrogens is 286 g/mol. The molecule has 0 aliphatic carbocycles. The first kappa shape index (κ1) is 13.8. The average molecular weight is 301 g/mol. The fourth-order valence-corrected chi connectivity index (χ4v) is 3.05. The maximum Gasteiger partial charge on any atom is 0.202 e. The largest absolute Gasteiger partial charge is 0.385 e. The lowest BCUT2D eigenvalue weighted by Gasteiger charge is -2.03. The normalized spacial score (nSPS) is 12.4. The summed E-state index contributed by atoms with van der Waals surface area (Å²) in [7, 11) is 0. The smallest absolute Gasteiger partial charge is 0.202 e. The number of nitrogens with zero attached hydrogens (tertiary/aromatic N) is 4. The van der Waals surface area contributed by atoms with Crippen LogP contribution in [0, 0.1) is 0 Å². The van der Waals surface area contributed by atoms with Gasteiger partial charge in [-0.15, -0.1) is 21.5 Å². The van der Waals surface area contributed by atoms with Gasteiger partial charge < -0.3 is 5.11 Å². The third kappa shape index (κ3) is 3.71. The molecule has 3 rings (SSSR count). The molecule has 0 radical (unpaired) electrons. The summed E-state index contributed by atoms with van der Waals surface area (Å²) >= 11 is 1.74. The van der Waals surface area contributed by atoms with Gasteiger partial charge in [-0.25, -0.2) is 0 Å². The number of pyridine rings is 1. The highest BCUT2D eigenvalue weighted by atomic mass is 32.1. The van der Waals surface area contributed by atoms with Gasteiger partial charge in [0.15, 0.2) is 0 Å². The molecule has 0 saturated heterocycles. The van der Waals surface area contributed by atoms with Gasteiger partial charge in [0.1, 0.15) is 6.10 Å². The number of rotatable bonds is 6. The zero-order chi connectivity index (χ0) is 14.5. The maximum atomic E-state index is 9.92. The highest BCUT2D eigenvalue weighted by Gasteiger charge is 2.12. The van der Waals surface area contributed by atoms with Gasteiger partial charge in [0, 0.05) is 23.7 Å². The lowest BCUT2D eigenvalue weighted by molar-refractivity contribution is 0.158. The van der Waals surface area contributed by atoms with Crippen molar-refractivity contribution in [2.24, 2.45) is 0 Å². The predicted molar refractivity (Wildman–Crippen MR) is 78.8 cm³/mol. The van der Waals surface area contributed by atoms with E-state index in [1.54, 1.807) is 11.3 Å². The van der Waals surface area contributed by atoms with Crippen molar-refractivity contribution in [3.05, 3.63) is 57.8 Å². The number of nitrogens with one attached hydrogen (secondary N) is 1. The van der Waals surface area contributed by atoms with Crippen molar-refractivity contribution in [3.8, 4) is 0 Å². The fraction of sp³-hybridized carbons (Fsp3) is 0.286. The molecule has 21 heavy (non-hydrogen) atoms. The van der Waals surface area contributed by atoms with E-state index in [2.05, 4.69) is 37.1 Å². The van der Waals surface area contributed by atoms with Crippen LogP contribution >= 0.6 is 11.3 Å². The van der Waals surface area contributed by atoms with Crippen molar-refractivity contribution in [3.63, 3.8) is 0 Å². The number of thiophene rings is 1. The number of aromatic nitrogens is 5. The molecular formula is C14H15N5OS. The Balaban J connectivity index is 1.55. The van der Waals surface area contributed by atoms with E-state index < -0.39 is 6.10 Å². The van der Waals surface area contributed by atoms with E-state index in [1.165, 1.54) is 16.0 Å². The Morgan fingerprint density at radius 1 is 1.24 bits per heavy atom. The van der Waals surface area contributed by atoms with E-state index in [0.717, 1.165) is 12.8 Å². The summed E-state index contributed by atoms with van der Waals surface area (Å²) in [5, 5.41) is 25.4. The lowest BCUT2D eigenvalue weighted by Crippen LogP contribution is -2.01. The molecule has 0 aliphatic rings. The molecule has 2 N–H and O–H groups in total. The highest BCUT2D eigenvalue weighted by molar-refractivity contribution is 7.10. The number of aliphatic hydroxyl groups is 1. The van der Waals surface area contributed by atoms with Gasteiger partial charge in [-0.05, 0) is 47.5 Å². The molecule has 0 aromatic carbocycles. The van der Waals surface area contributed by atoms with Crippen molar-refractivity contribution in [2.75, 3.05) is 0 Å². The first-order chi connectivity index (χ1) is 10.3. The van der Waals surface area contributed by atoms with E-state index in [0.29, 0.717) is 12.2 Å². The third-order valence-corrected chi connectivity index (χ3v) is 4.19. The lowest BCUT2D eigenvalue weighted by atomic mass is 10.1. The minimum absolute atomic E-state index is 0.349. The molecule has 3 aromatic heterocycles. The van der Waals surface area contributed by atoms with E-state index in [1.807, 2.05) is 24.5 Å². The molecule has 0 amide bonds. The molecule has 0 spiro atoms. The number of tetrazole rings is 1. The van der Waals surface area contributed by atoms with Gasteiger partial charge in [-0.2, -0.15) is 5.21 Å². The van der Waals surface area contributed by atoms with Gasteiger partial charge in [0.05, 0.1) is 0 Å². The number of hydrogen-bond donors (Lipinski definition) is 2. The summed E-state index contributed by atoms with van der Waals surface area (Å²) in [5.74, 6) is 0.349. The summed E-state index contributed by atoms with van der Waals surface area (Å²) in [5.41, 5.74) is 2.48. The van der Waals surface area contributed by atoms with Crippen LogP contribution in [-0.2, 0) is 12.8 Å². The average Bonchev–Trinajstić information content (AvgIpc) is 3.17. The van der Waals surface area contributed by atoms with Crippen LogP contribution < -0.4 is 0 Å². The first-order valence-corrected chi connectivity index (χ1v) is 7.56. The van der Waals surface area contributed by atoms with Crippen LogP contribution in [0.5, 0.6) is 0 Å². The number of aliphatic hydroxyl groups excluding tert-OH is 1. The number of hydrogen-bond acceptors (Lipinski definition) is 6. The Hall–Kier alpha value is -2.12. The Kier molecular flexibility index (Phi) is 4.32. The summed E-state index contributed by atoms with van der Waals surface area (Å²) in [4.78, 5) is 5.33. The molecule has 0 fully saturated rings. The fourth-order valence-electron chi connectivity index (χ4n) is 2.09. The van der Waals surface area contributed by atoms with Crippen LogP contribution in [0.25, 0.3) is 0 Å². The van der Waals surface area contributed by atoms with Crippen molar-refractivity contribution in [2.45, 2.75) is 25.4 Å². The van der Waals surface area contributed by atoms with Crippen LogP contribution in [-0.4, -0.2) is 30.7 Å². The van der Waals surface area contributed by atoms with Gasteiger partial charge in [0.25, 0.3) is 0 Å². The van der Waals surface area contributed by atoms with E-state index in [-0.39, 0.29) is 0 Å². The van der Waals surface area contributed by atoms with Crippen molar-refractivity contribution in [1.29, 1.82) is 0 Å². The molecule has 108 valence electrons. The minimum atomic E-state index is -0.674. The van der Waals surface area contributed by atoms with Crippen LogP contribution in [0.3, 0.4) is 0 Å². The number of aromatic amines is 1. The Morgan fingerprint density at radius 3 is 2.86 bits per heavy atom. The Labute approximate surface area is 125 Å². The minimum Gasteiger partial charge on any atom is -0.385 e. The molecule has 0 saturated carbocycles. The molecule has 3 heterocycles. The molecule has 0 aliphatic heterocycles. The zero-order valence-electron chi connectivity index (χ0n) is 11.3. The van der Waals surface area contributed by atoms with Gasteiger partial charge >= 0.3 is 0 Å². The SMILES string of the molecule is OC(CCc1csc(Cc2ccncc2)c1)c1nn[nH]n1. The summed E-state index contributed by atoms with van der Waals surface area (Å²) in [6, 6.07) is 6.24. The van der Waals surface area contributed by atoms with Crippen molar-refractivity contribution < 1.29 is 5.11 Å². The van der Waals surface area contributed by atoms with Crippen molar-refractivity contribution >= 4 is 11.3 Å². The summed E-state index contributed by atoms with van der Waals surface area (Å²) in [6.45, 7) is 0. The molecule has 0 bridgehead atoms. The summed E-state index contributed by atoms with van der Waals surface area (Å²) in [6.07, 6.45) is 5.25. The van der Waals surface area contributed by atoms with Crippen molar-refractivity contribution in [1.82, 2.24) is 25.6 Å². The van der Waals surface area contributed by atoms with E-state index >= 15 is 0 Å². The van der Waals surface area contributed by atoms with Gasteiger partial charge in [-0.3, -0.25) is 4.98 Å². The van der Waals surface area contributed by atoms with E-state index in [9.17, 15) is 5.11 Å². The Bertz CT molecular complexity index is 668. The molecule has 6 nitrogen and oxygen atoms in total. The van der Waals surface area contributed by atoms with Crippen LogP contribution in [0.1, 0.15) is 34.4 Å². The molecule has 7 heteroatoms. The highest BCUT2D eigenvalue weighted by Crippen LogP contribution is 2.21. The quantitative estimate of drug-likeness (QED) is 0.726. The second-order valence-corrected chi connectivity index (χ2v) is 5.77. The standard InChI is InChI=1S/C14H15N5OS/c20-13(14-16-18-19-17-14)2-1-11-8-12(21-9-11)7-10-3-5-15-6-4-10/h3-6,8-9,13,20H,1-2,7H2,(H,16,17,18,19). The second-order valence-electron chi connectivity index (χ2n) is 4.78. The molecule has 3 aromatic rings. The molecule has 1 atom stereocenters. The Morgan fingerprint density at radius 2 is 2.10 bits per heavy atom. The number of aryl methyl sites for hydroxylation is 1. The van der Waals surface area contributed by atoms with Crippen LogP contribution in [0.15, 0.2) is 36.0 Å². The second kappa shape index (κ2) is 6.55. The first-order valence-electron chi connectivity index (χ1n) is 6.68. The number of H-pyrrole nitrogens is 1. The summed E-state index contributed by atoms with van der Waals surface area (Å²) < 4.78 is 0. The van der Waals surface area contributed by atoms with Gasteiger partial charge in [0.2, 0.25) is 5.82 Å². The maximum absolute atomic E-state index is 9.92. The van der Waals surface area contributed by atoms with Crippen LogP contribution in [0.4, 0.5) is 0 Å². The topological polar surface area (TPSA) is 87.6 Å². The third-order valence-electron chi connectivity index (χ3n) is 3.20. The zero-order valence-corrected chi connectivity index (χ0v) is 12.1. The van der Waals surface area contributed by atoms with Crippen LogP contribution in [0.2, 0.25) is 0 Å². The predicted octanol–water partition coefficient (Wildman–Crippen LogP) is 1.91. The monoisotopic (exact) mass is 301 g/mol. The van der Waals surface area contributed by atoms with Gasteiger partial charge in [-0.1, -0.05) is 5.21 Å². The molecule has 1 unspecified atom stereocenters. The van der Waals surface area contributed by atoms with E-state index in [4.69, 9.17) is 0 Å².